The van der Waals surface area contributed by atoms with Gasteiger partial charge in [0.2, 0.25) is 0 Å². The van der Waals surface area contributed by atoms with Gasteiger partial charge < -0.3 is 9.88 Å². The third-order valence-corrected chi connectivity index (χ3v) is 3.91. The summed E-state index contributed by atoms with van der Waals surface area (Å²) in [7, 11) is 1.93. The van der Waals surface area contributed by atoms with Crippen LogP contribution in [0.15, 0.2) is 11.1 Å². The van der Waals surface area contributed by atoms with Gasteiger partial charge in [-0.25, -0.2) is 4.98 Å². The molecule has 1 N–H and O–H groups in total. The first kappa shape index (κ1) is 12.0. The molecule has 0 radical (unpaired) electrons. The number of anilines is 1. The van der Waals surface area contributed by atoms with Gasteiger partial charge in [0.1, 0.15) is 9.39 Å². The van der Waals surface area contributed by atoms with Crippen LogP contribution in [0.3, 0.4) is 0 Å². The maximum Gasteiger partial charge on any atom is 0.266 e. The van der Waals surface area contributed by atoms with Crippen molar-refractivity contribution in [2.75, 3.05) is 17.3 Å². The summed E-state index contributed by atoms with van der Waals surface area (Å²) in [6.45, 7) is 2.06. The van der Waals surface area contributed by atoms with Gasteiger partial charge in [-0.3, -0.25) is 4.79 Å². The molecule has 0 aliphatic rings. The minimum Gasteiger partial charge on any atom is -0.355 e. The maximum absolute atomic E-state index is 11.3. The van der Waals surface area contributed by atoms with Gasteiger partial charge in [0, 0.05) is 18.4 Å². The second kappa shape index (κ2) is 5.11. The molecule has 6 heteroatoms. The molecule has 0 spiro atoms. The van der Waals surface area contributed by atoms with E-state index in [-0.39, 0.29) is 5.56 Å². The maximum atomic E-state index is 11.3. The fourth-order valence-corrected chi connectivity index (χ4v) is 2.04. The molecule has 1 heterocycles. The summed E-state index contributed by atoms with van der Waals surface area (Å²) >= 11 is 5.40. The van der Waals surface area contributed by atoms with Crippen LogP contribution >= 0.6 is 38.5 Å². The average molecular weight is 372 g/mol. The molecule has 0 bridgehead atoms. The van der Waals surface area contributed by atoms with Crippen molar-refractivity contribution in [3.8, 4) is 0 Å². The van der Waals surface area contributed by atoms with E-state index in [0.717, 1.165) is 11.1 Å². The Balaban J connectivity index is 3.07. The van der Waals surface area contributed by atoms with Crippen LogP contribution in [-0.4, -0.2) is 28.4 Å². The van der Waals surface area contributed by atoms with Crippen molar-refractivity contribution in [2.45, 2.75) is 13.0 Å². The highest BCUT2D eigenvalue weighted by molar-refractivity contribution is 14.1. The molecule has 0 saturated carbocycles. The minimum atomic E-state index is -0.0933. The van der Waals surface area contributed by atoms with E-state index in [1.165, 1.54) is 6.33 Å². The van der Waals surface area contributed by atoms with Gasteiger partial charge in [-0.1, -0.05) is 15.9 Å². The summed E-state index contributed by atoms with van der Waals surface area (Å²) in [6.07, 6.45) is 1.43. The van der Waals surface area contributed by atoms with E-state index >= 15 is 0 Å². The van der Waals surface area contributed by atoms with Crippen molar-refractivity contribution >= 4 is 44.3 Å². The summed E-state index contributed by atoms with van der Waals surface area (Å²) in [4.78, 5) is 20.0. The Kier molecular flexibility index (Phi) is 4.36. The molecule has 1 rings (SSSR count). The normalized spacial score (nSPS) is 12.6. The second-order valence-corrected chi connectivity index (χ2v) is 4.71. The van der Waals surface area contributed by atoms with Gasteiger partial charge in [-0.05, 0) is 29.5 Å². The Hall–Kier alpha value is -0.110. The Morgan fingerprint density at radius 1 is 1.79 bits per heavy atom. The molecule has 78 valence electrons. The van der Waals surface area contributed by atoms with Crippen molar-refractivity contribution in [1.29, 1.82) is 0 Å². The molecule has 0 aliphatic carbocycles. The first-order valence-electron chi connectivity index (χ1n) is 4.10. The Labute approximate surface area is 104 Å². The standard InChI is InChI=1S/C8H11BrIN3O/c1-5(3-9)13(2)7-6(10)8(14)12-4-11-7/h4-5H,3H2,1-2H3,(H,11,12,14). The first-order chi connectivity index (χ1) is 6.57. The Bertz CT molecular complexity index is 368. The van der Waals surface area contributed by atoms with Crippen molar-refractivity contribution in [1.82, 2.24) is 9.97 Å². The third-order valence-electron chi connectivity index (χ3n) is 2.00. The number of aromatic amines is 1. The average Bonchev–Trinajstić information content (AvgIpc) is 2.20. The smallest absolute Gasteiger partial charge is 0.266 e. The van der Waals surface area contributed by atoms with Crippen LogP contribution in [0, 0.1) is 3.57 Å². The topological polar surface area (TPSA) is 49.0 Å². The number of nitrogens with zero attached hydrogens (tertiary/aromatic N) is 2. The summed E-state index contributed by atoms with van der Waals surface area (Å²) in [5.74, 6) is 0.723. The lowest BCUT2D eigenvalue weighted by Gasteiger charge is -2.24. The molecular formula is C8H11BrIN3O. The predicted octanol–water partition coefficient (Wildman–Crippen LogP) is 1.59. The predicted molar refractivity (Wildman–Crippen MR) is 69.2 cm³/mol. The molecule has 0 aromatic carbocycles. The first-order valence-corrected chi connectivity index (χ1v) is 6.30. The molecule has 0 fully saturated rings. The van der Waals surface area contributed by atoms with Gasteiger partial charge >= 0.3 is 0 Å². The number of rotatable bonds is 3. The third kappa shape index (κ3) is 2.47. The summed E-state index contributed by atoms with van der Waals surface area (Å²) in [6, 6.07) is 0.304. The Morgan fingerprint density at radius 2 is 2.43 bits per heavy atom. The van der Waals surface area contributed by atoms with Crippen molar-refractivity contribution in [3.63, 3.8) is 0 Å². The second-order valence-electron chi connectivity index (χ2n) is 2.98. The summed E-state index contributed by atoms with van der Waals surface area (Å²) in [5, 5.41) is 0.841. The zero-order valence-corrected chi connectivity index (χ0v) is 11.7. The van der Waals surface area contributed by atoms with Crippen molar-refractivity contribution in [3.05, 3.63) is 20.3 Å². The van der Waals surface area contributed by atoms with Crippen LogP contribution in [-0.2, 0) is 0 Å². The van der Waals surface area contributed by atoms with Crippen LogP contribution in [0.5, 0.6) is 0 Å². The lowest BCUT2D eigenvalue weighted by Crippen LogP contribution is -2.33. The van der Waals surface area contributed by atoms with E-state index in [2.05, 4.69) is 32.8 Å². The van der Waals surface area contributed by atoms with Crippen LogP contribution in [0.25, 0.3) is 0 Å². The van der Waals surface area contributed by atoms with E-state index in [1.54, 1.807) is 0 Å². The lowest BCUT2D eigenvalue weighted by molar-refractivity contribution is 0.751. The highest BCUT2D eigenvalue weighted by Crippen LogP contribution is 2.16. The number of aromatic nitrogens is 2. The highest BCUT2D eigenvalue weighted by Gasteiger charge is 2.14. The fourth-order valence-electron chi connectivity index (χ4n) is 0.932. The van der Waals surface area contributed by atoms with Gasteiger partial charge in [0.15, 0.2) is 0 Å². The van der Waals surface area contributed by atoms with E-state index in [1.807, 2.05) is 34.5 Å². The molecule has 14 heavy (non-hydrogen) atoms. The van der Waals surface area contributed by atoms with Crippen LogP contribution in [0.4, 0.5) is 5.82 Å². The highest BCUT2D eigenvalue weighted by atomic mass is 127. The molecule has 1 aromatic rings. The largest absolute Gasteiger partial charge is 0.355 e. The van der Waals surface area contributed by atoms with E-state index < -0.39 is 0 Å². The van der Waals surface area contributed by atoms with Gasteiger partial charge in [0.25, 0.3) is 5.56 Å². The molecule has 0 saturated heterocycles. The number of halogens is 2. The quantitative estimate of drug-likeness (QED) is 0.648. The molecule has 1 atom stereocenters. The fraction of sp³-hybridized carbons (Fsp3) is 0.500. The number of alkyl halides is 1. The summed E-state index contributed by atoms with van der Waals surface area (Å²) in [5.41, 5.74) is -0.0933. The molecular weight excluding hydrogens is 361 g/mol. The number of hydrogen-bond donors (Lipinski definition) is 1. The zero-order valence-electron chi connectivity index (χ0n) is 7.92. The van der Waals surface area contributed by atoms with Crippen molar-refractivity contribution < 1.29 is 0 Å². The molecule has 0 amide bonds. The van der Waals surface area contributed by atoms with Gasteiger partial charge in [-0.2, -0.15) is 0 Å². The number of hydrogen-bond acceptors (Lipinski definition) is 3. The lowest BCUT2D eigenvalue weighted by atomic mass is 10.3. The van der Waals surface area contributed by atoms with Gasteiger partial charge in [-0.15, -0.1) is 0 Å². The molecule has 1 unspecified atom stereocenters. The number of H-pyrrole nitrogens is 1. The number of nitrogens with one attached hydrogen (secondary N) is 1. The molecule has 1 aromatic heterocycles. The SMILES string of the molecule is CC(CBr)N(C)c1nc[nH]c(=O)c1I. The summed E-state index contributed by atoms with van der Waals surface area (Å²) < 4.78 is 0.625. The van der Waals surface area contributed by atoms with Crippen molar-refractivity contribution in [2.24, 2.45) is 0 Å². The monoisotopic (exact) mass is 371 g/mol. The van der Waals surface area contributed by atoms with Crippen LogP contribution in [0.2, 0.25) is 0 Å². The van der Waals surface area contributed by atoms with Gasteiger partial charge in [0.05, 0.1) is 6.33 Å². The van der Waals surface area contributed by atoms with Crippen LogP contribution < -0.4 is 10.5 Å². The van der Waals surface area contributed by atoms with E-state index in [0.29, 0.717) is 9.61 Å². The van der Waals surface area contributed by atoms with E-state index in [4.69, 9.17) is 0 Å². The molecule has 0 aliphatic heterocycles. The zero-order chi connectivity index (χ0) is 10.7. The van der Waals surface area contributed by atoms with E-state index in [9.17, 15) is 4.79 Å². The van der Waals surface area contributed by atoms with Crippen LogP contribution in [0.1, 0.15) is 6.92 Å². The molecule has 4 nitrogen and oxygen atoms in total. The minimum absolute atomic E-state index is 0.0933. The Morgan fingerprint density at radius 3 is 3.00 bits per heavy atom.